The second kappa shape index (κ2) is 6.79. The number of ether oxygens (including phenoxy) is 1. The van der Waals surface area contributed by atoms with E-state index in [1.54, 1.807) is 0 Å². The lowest BCUT2D eigenvalue weighted by Gasteiger charge is -2.29. The molecule has 1 aliphatic rings. The first-order valence-corrected chi connectivity index (χ1v) is 7.25. The molecule has 0 saturated heterocycles. The van der Waals surface area contributed by atoms with Gasteiger partial charge in [-0.3, -0.25) is 0 Å². The van der Waals surface area contributed by atoms with E-state index in [-0.39, 0.29) is 12.2 Å². The fraction of sp³-hybridized carbons (Fsp3) is 0.625. The minimum Gasteiger partial charge on any atom is -0.490 e. The molecular formula is C16H24O2. The van der Waals surface area contributed by atoms with Crippen LogP contribution in [0.3, 0.4) is 0 Å². The molecule has 100 valence electrons. The molecule has 1 aromatic carbocycles. The molecule has 2 rings (SSSR count). The second-order valence-electron chi connectivity index (χ2n) is 5.23. The summed E-state index contributed by atoms with van der Waals surface area (Å²) in [6, 6.07) is 7.84. The van der Waals surface area contributed by atoms with Crippen LogP contribution in [0.5, 0.6) is 5.75 Å². The zero-order valence-electron chi connectivity index (χ0n) is 11.3. The topological polar surface area (TPSA) is 29.5 Å². The smallest absolute Gasteiger partial charge is 0.125 e. The van der Waals surface area contributed by atoms with Crippen molar-refractivity contribution >= 4 is 0 Å². The van der Waals surface area contributed by atoms with Crippen LogP contribution < -0.4 is 4.74 Å². The van der Waals surface area contributed by atoms with E-state index in [0.29, 0.717) is 0 Å². The lowest BCUT2D eigenvalue weighted by molar-refractivity contribution is 0.0605. The fourth-order valence-electron chi connectivity index (χ4n) is 2.62. The summed E-state index contributed by atoms with van der Waals surface area (Å²) in [7, 11) is 0. The highest BCUT2D eigenvalue weighted by atomic mass is 16.5. The number of fused-ring (bicyclic) bond motifs is 1. The zero-order chi connectivity index (χ0) is 12.8. The molecule has 0 aromatic heterocycles. The zero-order valence-corrected chi connectivity index (χ0v) is 11.3. The summed E-state index contributed by atoms with van der Waals surface area (Å²) in [6.07, 6.45) is 8.07. The molecule has 1 N–H and O–H groups in total. The molecule has 0 radical (unpaired) electrons. The molecule has 1 aromatic rings. The molecule has 0 aliphatic carbocycles. The summed E-state index contributed by atoms with van der Waals surface area (Å²) >= 11 is 0. The van der Waals surface area contributed by atoms with Crippen LogP contribution in [0.15, 0.2) is 24.3 Å². The van der Waals surface area contributed by atoms with Gasteiger partial charge in [0.05, 0.1) is 6.10 Å². The molecule has 1 heterocycles. The fourth-order valence-corrected chi connectivity index (χ4v) is 2.62. The van der Waals surface area contributed by atoms with Crippen molar-refractivity contribution in [2.24, 2.45) is 0 Å². The average molecular weight is 248 g/mol. The van der Waals surface area contributed by atoms with Gasteiger partial charge < -0.3 is 9.84 Å². The largest absolute Gasteiger partial charge is 0.490 e. The van der Waals surface area contributed by atoms with Crippen LogP contribution in [0.1, 0.15) is 63.5 Å². The predicted octanol–water partition coefficient (Wildman–Crippen LogP) is 4.23. The van der Waals surface area contributed by atoms with Crippen LogP contribution in [0, 0.1) is 0 Å². The number of hydrogen-bond donors (Lipinski definition) is 1. The second-order valence-corrected chi connectivity index (χ2v) is 5.23. The van der Waals surface area contributed by atoms with Gasteiger partial charge in [0.25, 0.3) is 0 Å². The maximum atomic E-state index is 10.1. The van der Waals surface area contributed by atoms with Crippen LogP contribution in [0.25, 0.3) is 0 Å². The van der Waals surface area contributed by atoms with Crippen LogP contribution in [-0.2, 0) is 0 Å². The molecule has 18 heavy (non-hydrogen) atoms. The molecule has 1 aliphatic heterocycles. The number of rotatable bonds is 6. The Labute approximate surface area is 110 Å². The minimum atomic E-state index is -0.351. The first kappa shape index (κ1) is 13.4. The summed E-state index contributed by atoms with van der Waals surface area (Å²) in [5, 5.41) is 10.1. The summed E-state index contributed by atoms with van der Waals surface area (Å²) in [5.74, 6) is 0.870. The molecule has 0 fully saturated rings. The molecule has 2 nitrogen and oxygen atoms in total. The van der Waals surface area contributed by atoms with E-state index in [1.165, 1.54) is 32.1 Å². The third-order valence-electron chi connectivity index (χ3n) is 3.69. The molecule has 1 unspecified atom stereocenters. The standard InChI is InChI=1S/C16H24O2/c1-2-3-4-5-6-9-13-12-15(17)14-10-7-8-11-16(14)18-13/h7-8,10-11,13,15,17H,2-6,9,12H2,1H3/t13?,15-/m1/s1. The Morgan fingerprint density at radius 3 is 2.78 bits per heavy atom. The van der Waals surface area contributed by atoms with Crippen molar-refractivity contribution in [2.45, 2.75) is 64.1 Å². The number of aliphatic hydroxyl groups excluding tert-OH is 1. The van der Waals surface area contributed by atoms with Crippen molar-refractivity contribution in [1.29, 1.82) is 0 Å². The Hall–Kier alpha value is -1.02. The van der Waals surface area contributed by atoms with Crippen molar-refractivity contribution in [3.8, 4) is 5.75 Å². The third-order valence-corrected chi connectivity index (χ3v) is 3.69. The van der Waals surface area contributed by atoms with E-state index in [4.69, 9.17) is 4.74 Å². The maximum absolute atomic E-state index is 10.1. The Bertz CT molecular complexity index is 362. The van der Waals surface area contributed by atoms with E-state index in [9.17, 15) is 5.11 Å². The van der Waals surface area contributed by atoms with Crippen molar-refractivity contribution in [1.82, 2.24) is 0 Å². The van der Waals surface area contributed by atoms with Gasteiger partial charge in [0.1, 0.15) is 11.9 Å². The number of benzene rings is 1. The predicted molar refractivity (Wildman–Crippen MR) is 73.8 cm³/mol. The molecule has 0 bridgehead atoms. The van der Waals surface area contributed by atoms with Crippen LogP contribution in [0.4, 0.5) is 0 Å². The van der Waals surface area contributed by atoms with Gasteiger partial charge in [0, 0.05) is 12.0 Å². The monoisotopic (exact) mass is 248 g/mol. The Morgan fingerprint density at radius 2 is 1.94 bits per heavy atom. The van der Waals surface area contributed by atoms with E-state index in [1.807, 2.05) is 24.3 Å². The van der Waals surface area contributed by atoms with Crippen molar-refractivity contribution in [3.63, 3.8) is 0 Å². The number of para-hydroxylation sites is 1. The number of unbranched alkanes of at least 4 members (excludes halogenated alkanes) is 4. The molecule has 2 heteroatoms. The van der Waals surface area contributed by atoms with Gasteiger partial charge >= 0.3 is 0 Å². The quantitative estimate of drug-likeness (QED) is 0.763. The van der Waals surface area contributed by atoms with Gasteiger partial charge in [-0.25, -0.2) is 0 Å². The van der Waals surface area contributed by atoms with E-state index in [0.717, 1.165) is 24.2 Å². The van der Waals surface area contributed by atoms with Gasteiger partial charge in [-0.15, -0.1) is 0 Å². The Kier molecular flexibility index (Phi) is 5.06. The van der Waals surface area contributed by atoms with E-state index >= 15 is 0 Å². The lowest BCUT2D eigenvalue weighted by Crippen LogP contribution is -2.25. The van der Waals surface area contributed by atoms with Crippen molar-refractivity contribution < 1.29 is 9.84 Å². The Balaban J connectivity index is 1.80. The van der Waals surface area contributed by atoms with Gasteiger partial charge in [-0.1, -0.05) is 50.8 Å². The Morgan fingerprint density at radius 1 is 1.17 bits per heavy atom. The van der Waals surface area contributed by atoms with Gasteiger partial charge in [-0.05, 0) is 18.9 Å². The molecule has 0 amide bonds. The lowest BCUT2D eigenvalue weighted by atomic mass is 9.96. The highest BCUT2D eigenvalue weighted by Gasteiger charge is 2.25. The average Bonchev–Trinajstić information content (AvgIpc) is 2.39. The normalized spacial score (nSPS) is 22.3. The van der Waals surface area contributed by atoms with Crippen LogP contribution in [0.2, 0.25) is 0 Å². The van der Waals surface area contributed by atoms with Crippen molar-refractivity contribution in [3.05, 3.63) is 29.8 Å². The van der Waals surface area contributed by atoms with E-state index < -0.39 is 0 Å². The van der Waals surface area contributed by atoms with Gasteiger partial charge in [0.15, 0.2) is 0 Å². The minimum absolute atomic E-state index is 0.191. The van der Waals surface area contributed by atoms with Gasteiger partial charge in [-0.2, -0.15) is 0 Å². The van der Waals surface area contributed by atoms with Crippen LogP contribution in [-0.4, -0.2) is 11.2 Å². The van der Waals surface area contributed by atoms with Crippen LogP contribution >= 0.6 is 0 Å². The molecule has 2 atom stereocenters. The first-order valence-electron chi connectivity index (χ1n) is 7.25. The van der Waals surface area contributed by atoms with Crippen molar-refractivity contribution in [2.75, 3.05) is 0 Å². The first-order chi connectivity index (χ1) is 8.81. The molecule has 0 saturated carbocycles. The van der Waals surface area contributed by atoms with Gasteiger partial charge in [0.2, 0.25) is 0 Å². The molecular weight excluding hydrogens is 224 g/mol. The highest BCUT2D eigenvalue weighted by molar-refractivity contribution is 5.36. The number of aliphatic hydroxyl groups is 1. The molecule has 0 spiro atoms. The summed E-state index contributed by atoms with van der Waals surface area (Å²) in [5.41, 5.74) is 0.944. The third kappa shape index (κ3) is 3.49. The summed E-state index contributed by atoms with van der Waals surface area (Å²) < 4.78 is 5.95. The SMILES string of the molecule is CCCCCCCC1C[C@@H](O)c2ccccc2O1. The highest BCUT2D eigenvalue weighted by Crippen LogP contribution is 2.35. The summed E-state index contributed by atoms with van der Waals surface area (Å²) in [6.45, 7) is 2.23. The maximum Gasteiger partial charge on any atom is 0.125 e. The number of hydrogen-bond acceptors (Lipinski definition) is 2. The van der Waals surface area contributed by atoms with E-state index in [2.05, 4.69) is 6.92 Å². The summed E-state index contributed by atoms with van der Waals surface area (Å²) in [4.78, 5) is 0.